The van der Waals surface area contributed by atoms with E-state index in [1.165, 1.54) is 51.4 Å². The van der Waals surface area contributed by atoms with E-state index >= 15 is 0 Å². The van der Waals surface area contributed by atoms with E-state index in [4.69, 9.17) is 9.47 Å². The van der Waals surface area contributed by atoms with Crippen LogP contribution in [0.25, 0.3) is 0 Å². The fraction of sp³-hybridized carbons (Fsp3) is 0.733. The summed E-state index contributed by atoms with van der Waals surface area (Å²) in [4.78, 5) is 28.9. The fourth-order valence-electron chi connectivity index (χ4n) is 4.12. The summed E-state index contributed by atoms with van der Waals surface area (Å²) in [5, 5.41) is 5.44. The number of hydrogen-bond donors (Lipinski definition) is 2. The number of anilines is 2. The van der Waals surface area contributed by atoms with E-state index in [0.717, 1.165) is 51.9 Å². The fourth-order valence-corrected chi connectivity index (χ4v) is 4.12. The Hall–Kier alpha value is -2.32. The van der Waals surface area contributed by atoms with E-state index in [1.54, 1.807) is 24.3 Å². The molecule has 218 valence electrons. The topological polar surface area (TPSA) is 83.1 Å². The van der Waals surface area contributed by atoms with Gasteiger partial charge in [0.25, 0.3) is 0 Å². The Morgan fingerprint density at radius 1 is 0.632 bits per heavy atom. The van der Waals surface area contributed by atoms with Gasteiger partial charge >= 0.3 is 12.2 Å². The number of unbranched alkanes of at least 4 members (excludes halogenated alkanes) is 8. The minimum Gasteiger partial charge on any atom is -0.449 e. The molecule has 8 heteroatoms. The maximum atomic E-state index is 12.1. The van der Waals surface area contributed by atoms with E-state index < -0.39 is 12.2 Å². The zero-order chi connectivity index (χ0) is 27.8. The van der Waals surface area contributed by atoms with Crippen LogP contribution in [0.5, 0.6) is 0 Å². The molecule has 1 aromatic carbocycles. The van der Waals surface area contributed by atoms with Crippen molar-refractivity contribution in [3.05, 3.63) is 24.3 Å². The van der Waals surface area contributed by atoms with Gasteiger partial charge in [-0.2, -0.15) is 0 Å². The highest BCUT2D eigenvalue weighted by molar-refractivity contribution is 5.88. The monoisotopic (exact) mass is 534 g/mol. The van der Waals surface area contributed by atoms with Crippen LogP contribution >= 0.6 is 0 Å². The summed E-state index contributed by atoms with van der Waals surface area (Å²) in [5.74, 6) is 0. The molecule has 8 nitrogen and oxygen atoms in total. The molecule has 0 unspecified atom stereocenters. The summed E-state index contributed by atoms with van der Waals surface area (Å²) < 4.78 is 10.6. The quantitative estimate of drug-likeness (QED) is 0.151. The number of carbonyl (C=O) groups excluding carboxylic acids is 2. The lowest BCUT2D eigenvalue weighted by Gasteiger charge is -2.16. The van der Waals surface area contributed by atoms with Crippen LogP contribution in [0.2, 0.25) is 0 Å². The molecule has 2 N–H and O–H groups in total. The lowest BCUT2D eigenvalue weighted by molar-refractivity contribution is 0.157. The van der Waals surface area contributed by atoms with E-state index in [-0.39, 0.29) is 0 Å². The summed E-state index contributed by atoms with van der Waals surface area (Å²) in [6.07, 6.45) is 12.9. The second-order valence-corrected chi connectivity index (χ2v) is 10.2. The molecule has 0 aliphatic rings. The maximum absolute atomic E-state index is 12.1. The molecular formula is C30H54N4O4. The van der Waals surface area contributed by atoms with Gasteiger partial charge in [-0.3, -0.25) is 10.6 Å². The Labute approximate surface area is 231 Å². The van der Waals surface area contributed by atoms with Crippen molar-refractivity contribution in [2.45, 2.75) is 90.9 Å². The van der Waals surface area contributed by atoms with E-state index in [0.29, 0.717) is 24.6 Å². The molecule has 0 aliphatic carbocycles. The number of hydrogen-bond acceptors (Lipinski definition) is 6. The molecule has 0 aromatic heterocycles. The van der Waals surface area contributed by atoms with Crippen LogP contribution in [-0.2, 0) is 9.47 Å². The average molecular weight is 535 g/mol. The third kappa shape index (κ3) is 18.9. The second kappa shape index (κ2) is 22.6. The van der Waals surface area contributed by atoms with Gasteiger partial charge in [0.05, 0.1) is 13.2 Å². The summed E-state index contributed by atoms with van der Waals surface area (Å²) in [6.45, 7) is 9.48. The van der Waals surface area contributed by atoms with Crippen LogP contribution in [0.1, 0.15) is 90.9 Å². The van der Waals surface area contributed by atoms with Gasteiger partial charge in [-0.15, -0.1) is 0 Å². The summed E-state index contributed by atoms with van der Waals surface area (Å²) in [7, 11) is 4.29. The van der Waals surface area contributed by atoms with Crippen LogP contribution in [-0.4, -0.2) is 75.5 Å². The smallest absolute Gasteiger partial charge is 0.411 e. The number of rotatable bonds is 22. The Balaban J connectivity index is 2.16. The molecular weight excluding hydrogens is 480 g/mol. The molecule has 0 atom stereocenters. The first-order chi connectivity index (χ1) is 18.4. The molecule has 38 heavy (non-hydrogen) atoms. The van der Waals surface area contributed by atoms with Crippen molar-refractivity contribution in [3.63, 3.8) is 0 Å². The van der Waals surface area contributed by atoms with Crippen LogP contribution in [0.15, 0.2) is 24.3 Å². The van der Waals surface area contributed by atoms with Gasteiger partial charge < -0.3 is 19.3 Å². The van der Waals surface area contributed by atoms with Gasteiger partial charge in [-0.1, -0.05) is 58.4 Å². The maximum Gasteiger partial charge on any atom is 0.411 e. The first-order valence-corrected chi connectivity index (χ1v) is 14.8. The average Bonchev–Trinajstić information content (AvgIpc) is 2.89. The summed E-state index contributed by atoms with van der Waals surface area (Å²) in [6, 6.07) is 6.95. The number of amides is 2. The van der Waals surface area contributed by atoms with Gasteiger partial charge in [0.2, 0.25) is 0 Å². The molecule has 0 saturated heterocycles. The van der Waals surface area contributed by atoms with Crippen molar-refractivity contribution in [1.29, 1.82) is 0 Å². The molecule has 0 radical (unpaired) electrons. The number of ether oxygens (including phenoxy) is 2. The lowest BCUT2D eigenvalue weighted by atomic mass is 10.2. The predicted octanol–water partition coefficient (Wildman–Crippen LogP) is 7.37. The third-order valence-electron chi connectivity index (χ3n) is 6.48. The van der Waals surface area contributed by atoms with Gasteiger partial charge in [0.15, 0.2) is 0 Å². The molecule has 2 amide bonds. The summed E-state index contributed by atoms with van der Waals surface area (Å²) >= 11 is 0. The van der Waals surface area contributed by atoms with Crippen molar-refractivity contribution >= 4 is 23.6 Å². The Kier molecular flexibility index (Phi) is 20.1. The molecule has 0 heterocycles. The Bertz CT molecular complexity index is 689. The summed E-state index contributed by atoms with van der Waals surface area (Å²) in [5.41, 5.74) is 1.11. The third-order valence-corrected chi connectivity index (χ3v) is 6.48. The number of nitrogens with one attached hydrogen (secondary N) is 2. The van der Waals surface area contributed by atoms with Crippen molar-refractivity contribution in [2.75, 3.05) is 64.1 Å². The Morgan fingerprint density at radius 2 is 1.03 bits per heavy atom. The highest BCUT2D eigenvalue weighted by Gasteiger charge is 2.07. The predicted molar refractivity (Wildman–Crippen MR) is 158 cm³/mol. The van der Waals surface area contributed by atoms with E-state index in [1.807, 2.05) is 0 Å². The number of carbonyl (C=O) groups is 2. The minimum atomic E-state index is -0.493. The molecule has 0 spiro atoms. The molecule has 0 aliphatic heterocycles. The van der Waals surface area contributed by atoms with Crippen molar-refractivity contribution in [3.8, 4) is 0 Å². The molecule has 0 saturated carbocycles. The molecule has 1 aromatic rings. The number of nitrogens with zero attached hydrogens (tertiary/aromatic N) is 2. The zero-order valence-electron chi connectivity index (χ0n) is 24.6. The van der Waals surface area contributed by atoms with Gasteiger partial charge in [0, 0.05) is 11.4 Å². The standard InChI is InChI=1S/C30H54N4O4/c1-5-7-9-11-20-33(3)22-13-15-24-37-29(35)31-27-18-17-19-28(26-27)32-30(36)38-25-16-14-23-34(4)21-12-10-8-6-2/h17-19,26H,5-16,20-25H2,1-4H3,(H,31,35)(H,32,36). The lowest BCUT2D eigenvalue weighted by Crippen LogP contribution is -2.21. The zero-order valence-corrected chi connectivity index (χ0v) is 24.6. The van der Waals surface area contributed by atoms with Crippen molar-refractivity contribution in [2.24, 2.45) is 0 Å². The SMILES string of the molecule is CCCCCCN(C)CCCCOC(=O)Nc1cccc(NC(=O)OCCCCN(C)CCCCCC)c1. The molecule has 0 bridgehead atoms. The van der Waals surface area contributed by atoms with E-state index in [2.05, 4.69) is 48.4 Å². The first-order valence-electron chi connectivity index (χ1n) is 14.8. The van der Waals surface area contributed by atoms with Gasteiger partial charge in [-0.05, 0) is 97.0 Å². The normalized spacial score (nSPS) is 11.1. The highest BCUT2D eigenvalue weighted by Crippen LogP contribution is 2.16. The van der Waals surface area contributed by atoms with Crippen molar-refractivity contribution in [1.82, 2.24) is 9.80 Å². The van der Waals surface area contributed by atoms with Crippen LogP contribution in [0.3, 0.4) is 0 Å². The van der Waals surface area contributed by atoms with Crippen LogP contribution in [0, 0.1) is 0 Å². The van der Waals surface area contributed by atoms with Crippen molar-refractivity contribution < 1.29 is 19.1 Å². The van der Waals surface area contributed by atoms with Crippen LogP contribution < -0.4 is 10.6 Å². The number of benzene rings is 1. The second-order valence-electron chi connectivity index (χ2n) is 10.2. The van der Waals surface area contributed by atoms with E-state index in [9.17, 15) is 9.59 Å². The molecule has 0 fully saturated rings. The molecule has 1 rings (SSSR count). The minimum absolute atomic E-state index is 0.383. The van der Waals surface area contributed by atoms with Gasteiger partial charge in [-0.25, -0.2) is 9.59 Å². The highest BCUT2D eigenvalue weighted by atomic mass is 16.6. The first kappa shape index (κ1) is 33.7. The largest absolute Gasteiger partial charge is 0.449 e. The van der Waals surface area contributed by atoms with Crippen LogP contribution in [0.4, 0.5) is 21.0 Å². The Morgan fingerprint density at radius 3 is 1.42 bits per heavy atom. The van der Waals surface area contributed by atoms with Gasteiger partial charge in [0.1, 0.15) is 0 Å².